The second kappa shape index (κ2) is 12.2. The van der Waals surface area contributed by atoms with Gasteiger partial charge >= 0.3 is 6.09 Å². The van der Waals surface area contributed by atoms with Gasteiger partial charge < -0.3 is 31.0 Å². The van der Waals surface area contributed by atoms with Crippen molar-refractivity contribution < 1.29 is 23.9 Å². The third-order valence-electron chi connectivity index (χ3n) is 6.87. The summed E-state index contributed by atoms with van der Waals surface area (Å²) in [7, 11) is 0. The fourth-order valence-electron chi connectivity index (χ4n) is 5.01. The first-order chi connectivity index (χ1) is 19.0. The fourth-order valence-corrected chi connectivity index (χ4v) is 5.01. The number of nitrogens with two attached hydrogens (primary N) is 1. The van der Waals surface area contributed by atoms with Crippen LogP contribution in [0.25, 0.3) is 10.9 Å². The Labute approximate surface area is 233 Å². The van der Waals surface area contributed by atoms with Crippen LogP contribution >= 0.6 is 0 Å². The number of para-hydroxylation sites is 1. The molecule has 3 atom stereocenters. The normalized spacial score (nSPS) is 16.8. The maximum absolute atomic E-state index is 13.9. The lowest BCUT2D eigenvalue weighted by atomic mass is 10.0. The maximum Gasteiger partial charge on any atom is 0.408 e. The number of ether oxygens (including phenoxy) is 1. The minimum Gasteiger partial charge on any atom is -0.444 e. The van der Waals surface area contributed by atoms with Gasteiger partial charge in [-0.05, 0) is 50.8 Å². The monoisotopic (exact) mass is 547 g/mol. The molecule has 1 fully saturated rings. The van der Waals surface area contributed by atoms with E-state index in [2.05, 4.69) is 15.6 Å². The summed E-state index contributed by atoms with van der Waals surface area (Å²) in [5.74, 6) is -1.50. The lowest BCUT2D eigenvalue weighted by Gasteiger charge is -2.30. The molecule has 0 aliphatic carbocycles. The lowest BCUT2D eigenvalue weighted by molar-refractivity contribution is -0.140. The second-order valence-corrected chi connectivity index (χ2v) is 11.1. The number of aromatic nitrogens is 1. The number of primary amides is 1. The van der Waals surface area contributed by atoms with Crippen LogP contribution in [-0.4, -0.2) is 64.0 Å². The zero-order valence-corrected chi connectivity index (χ0v) is 23.1. The molecule has 212 valence electrons. The number of hydrogen-bond donors (Lipinski definition) is 4. The highest BCUT2D eigenvalue weighted by molar-refractivity contribution is 5.94. The van der Waals surface area contributed by atoms with Crippen LogP contribution in [0.15, 0.2) is 60.8 Å². The van der Waals surface area contributed by atoms with E-state index in [0.717, 1.165) is 22.0 Å². The van der Waals surface area contributed by atoms with Gasteiger partial charge in [0.25, 0.3) is 0 Å². The van der Waals surface area contributed by atoms with Gasteiger partial charge in [0.05, 0.1) is 0 Å². The Balaban J connectivity index is 1.53. The number of alkyl carbamates (subject to hydrolysis) is 1. The van der Waals surface area contributed by atoms with Crippen LogP contribution in [0, 0.1) is 0 Å². The average Bonchev–Trinajstić information content (AvgIpc) is 3.55. The number of carbonyl (C=O) groups excluding carboxylic acids is 4. The minimum atomic E-state index is -0.973. The van der Waals surface area contributed by atoms with Crippen molar-refractivity contribution in [1.29, 1.82) is 0 Å². The van der Waals surface area contributed by atoms with Crippen molar-refractivity contribution in [3.8, 4) is 0 Å². The van der Waals surface area contributed by atoms with E-state index in [1.807, 2.05) is 60.8 Å². The summed E-state index contributed by atoms with van der Waals surface area (Å²) < 4.78 is 5.44. The second-order valence-electron chi connectivity index (χ2n) is 11.1. The van der Waals surface area contributed by atoms with Gasteiger partial charge in [-0.1, -0.05) is 48.5 Å². The Bertz CT molecular complexity index is 1360. The van der Waals surface area contributed by atoms with E-state index in [1.54, 1.807) is 20.8 Å². The van der Waals surface area contributed by atoms with Crippen molar-refractivity contribution in [2.45, 2.75) is 70.2 Å². The number of nitrogens with zero attached hydrogens (tertiary/aromatic N) is 1. The predicted octanol–water partition coefficient (Wildman–Crippen LogP) is 2.81. The molecular formula is C30H37N5O5. The Hall–Kier alpha value is -4.34. The molecule has 1 aliphatic heterocycles. The van der Waals surface area contributed by atoms with E-state index in [1.165, 1.54) is 4.90 Å². The summed E-state index contributed by atoms with van der Waals surface area (Å²) in [4.78, 5) is 56.9. The predicted molar refractivity (Wildman–Crippen MR) is 151 cm³/mol. The molecule has 40 heavy (non-hydrogen) atoms. The number of fused-ring (bicyclic) bond motifs is 1. The van der Waals surface area contributed by atoms with Gasteiger partial charge in [0, 0.05) is 36.5 Å². The van der Waals surface area contributed by atoms with Gasteiger partial charge in [-0.2, -0.15) is 0 Å². The van der Waals surface area contributed by atoms with E-state index < -0.39 is 47.5 Å². The number of nitrogens with one attached hydrogen (secondary N) is 3. The molecule has 4 amide bonds. The van der Waals surface area contributed by atoms with Crippen molar-refractivity contribution in [2.75, 3.05) is 6.54 Å². The molecule has 2 heterocycles. The van der Waals surface area contributed by atoms with Gasteiger partial charge in [0.1, 0.15) is 23.7 Å². The van der Waals surface area contributed by atoms with Crippen molar-refractivity contribution in [3.63, 3.8) is 0 Å². The molecule has 0 saturated carbocycles. The molecule has 3 aromatic rings. The number of benzene rings is 2. The third kappa shape index (κ3) is 7.19. The molecule has 2 aromatic carbocycles. The van der Waals surface area contributed by atoms with E-state index in [9.17, 15) is 19.2 Å². The number of H-pyrrole nitrogens is 1. The van der Waals surface area contributed by atoms with Crippen LogP contribution in [0.2, 0.25) is 0 Å². The number of hydrogen-bond acceptors (Lipinski definition) is 5. The van der Waals surface area contributed by atoms with Crippen LogP contribution in [0.4, 0.5) is 4.79 Å². The van der Waals surface area contributed by atoms with Gasteiger partial charge in [-0.15, -0.1) is 0 Å². The zero-order chi connectivity index (χ0) is 28.9. The molecule has 10 nitrogen and oxygen atoms in total. The molecule has 0 unspecified atom stereocenters. The van der Waals surface area contributed by atoms with Crippen molar-refractivity contribution in [3.05, 3.63) is 71.9 Å². The summed E-state index contributed by atoms with van der Waals surface area (Å²) in [5.41, 5.74) is 7.46. The van der Waals surface area contributed by atoms with E-state index in [4.69, 9.17) is 10.5 Å². The maximum atomic E-state index is 13.9. The molecule has 1 aliphatic rings. The highest BCUT2D eigenvalue weighted by atomic mass is 16.6. The van der Waals surface area contributed by atoms with Crippen molar-refractivity contribution in [2.24, 2.45) is 5.73 Å². The smallest absolute Gasteiger partial charge is 0.408 e. The molecule has 1 aromatic heterocycles. The lowest BCUT2D eigenvalue weighted by Crippen LogP contribution is -2.57. The van der Waals surface area contributed by atoms with Crippen LogP contribution in [-0.2, 0) is 32.0 Å². The SMILES string of the molecule is CC(C)(C)OC(=O)N[C@H](Cc1c[nH]c2ccccc12)C(=O)N1CCC[C@@H]1C(=O)N[C@@H](Cc1ccccc1)C(N)=O. The number of rotatable bonds is 9. The first-order valence-electron chi connectivity index (χ1n) is 13.5. The standard InChI is InChI=1S/C30H37N5O5/c1-30(2,3)40-29(39)34-24(17-20-18-32-22-13-8-7-12-21(20)22)28(38)35-15-9-14-25(35)27(37)33-23(26(31)36)16-19-10-5-4-6-11-19/h4-8,10-13,18,23-25,32H,9,14-17H2,1-3H3,(H2,31,36)(H,33,37)(H,34,39)/t23-,24+,25+/m0/s1. The highest BCUT2D eigenvalue weighted by Gasteiger charge is 2.39. The minimum absolute atomic E-state index is 0.199. The average molecular weight is 548 g/mol. The topological polar surface area (TPSA) is 147 Å². The first kappa shape index (κ1) is 28.7. The summed E-state index contributed by atoms with van der Waals surface area (Å²) in [6.45, 7) is 5.58. The molecule has 0 bridgehead atoms. The molecule has 0 spiro atoms. The Morgan fingerprint density at radius 2 is 1.70 bits per heavy atom. The summed E-state index contributed by atoms with van der Waals surface area (Å²) in [6, 6.07) is 14.3. The van der Waals surface area contributed by atoms with Crippen molar-refractivity contribution >= 4 is 34.7 Å². The van der Waals surface area contributed by atoms with E-state index in [0.29, 0.717) is 19.4 Å². The van der Waals surface area contributed by atoms with Gasteiger partial charge in [-0.3, -0.25) is 14.4 Å². The van der Waals surface area contributed by atoms with Crippen molar-refractivity contribution in [1.82, 2.24) is 20.5 Å². The fraction of sp³-hybridized carbons (Fsp3) is 0.400. The number of amides is 4. The quantitative estimate of drug-likeness (QED) is 0.325. The third-order valence-corrected chi connectivity index (χ3v) is 6.87. The Kier molecular flexibility index (Phi) is 8.77. The number of carbonyl (C=O) groups is 4. The molecule has 5 N–H and O–H groups in total. The van der Waals surface area contributed by atoms with Crippen LogP contribution in [0.3, 0.4) is 0 Å². The molecule has 1 saturated heterocycles. The van der Waals surface area contributed by atoms with Gasteiger partial charge in [0.2, 0.25) is 17.7 Å². The van der Waals surface area contributed by atoms with Crippen LogP contribution in [0.1, 0.15) is 44.7 Å². The highest BCUT2D eigenvalue weighted by Crippen LogP contribution is 2.23. The Morgan fingerprint density at radius 1 is 1.00 bits per heavy atom. The van der Waals surface area contributed by atoms with Crippen LogP contribution < -0.4 is 16.4 Å². The van der Waals surface area contributed by atoms with E-state index in [-0.39, 0.29) is 12.8 Å². The summed E-state index contributed by atoms with van der Waals surface area (Å²) in [6.07, 6.45) is 2.58. The number of aromatic amines is 1. The Morgan fingerprint density at radius 3 is 2.40 bits per heavy atom. The molecule has 10 heteroatoms. The molecule has 0 radical (unpaired) electrons. The van der Waals surface area contributed by atoms with Gasteiger partial charge in [0.15, 0.2) is 0 Å². The van der Waals surface area contributed by atoms with Crippen LogP contribution in [0.5, 0.6) is 0 Å². The zero-order valence-electron chi connectivity index (χ0n) is 23.1. The summed E-state index contributed by atoms with van der Waals surface area (Å²) >= 11 is 0. The molecular weight excluding hydrogens is 510 g/mol. The molecule has 4 rings (SSSR count). The van der Waals surface area contributed by atoms with E-state index >= 15 is 0 Å². The largest absolute Gasteiger partial charge is 0.444 e. The number of likely N-dealkylation sites (tertiary alicyclic amines) is 1. The first-order valence-corrected chi connectivity index (χ1v) is 13.5. The van der Waals surface area contributed by atoms with Gasteiger partial charge in [-0.25, -0.2) is 4.79 Å². The summed E-state index contributed by atoms with van der Waals surface area (Å²) in [5, 5.41) is 6.42.